The van der Waals surface area contributed by atoms with Crippen LogP contribution in [0.2, 0.25) is 0 Å². The van der Waals surface area contributed by atoms with Crippen LogP contribution in [0, 0.1) is 6.92 Å². The molecule has 78 valence electrons. The Morgan fingerprint density at radius 3 is 2.29 bits per heavy atom. The molecule has 3 nitrogen and oxygen atoms in total. The Morgan fingerprint density at radius 2 is 1.79 bits per heavy atom. The average Bonchev–Trinajstić information content (AvgIpc) is 2.01. The molecule has 0 saturated carbocycles. The number of anilines is 1. The quantitative estimate of drug-likeness (QED) is 0.802. The molecule has 0 amide bonds. The molecular formula is C11H19N3. The van der Waals surface area contributed by atoms with Crippen LogP contribution in [0.25, 0.3) is 0 Å². The van der Waals surface area contributed by atoms with E-state index in [-0.39, 0.29) is 0 Å². The average molecular weight is 193 g/mol. The lowest BCUT2D eigenvalue weighted by molar-refractivity contribution is 0.797. The van der Waals surface area contributed by atoms with E-state index in [4.69, 9.17) is 0 Å². The van der Waals surface area contributed by atoms with Crippen molar-refractivity contribution in [3.8, 4) is 0 Å². The maximum Gasteiger partial charge on any atom is 0.223 e. The lowest BCUT2D eigenvalue weighted by Gasteiger charge is -2.11. The van der Waals surface area contributed by atoms with Gasteiger partial charge >= 0.3 is 0 Å². The van der Waals surface area contributed by atoms with E-state index in [0.29, 0.717) is 12.0 Å². The summed E-state index contributed by atoms with van der Waals surface area (Å²) >= 11 is 0. The van der Waals surface area contributed by atoms with Crippen LogP contribution < -0.4 is 5.32 Å². The Morgan fingerprint density at radius 1 is 1.14 bits per heavy atom. The normalized spacial score (nSPS) is 11.1. The molecule has 0 radical (unpaired) electrons. The molecular weight excluding hydrogens is 174 g/mol. The molecule has 0 fully saturated rings. The van der Waals surface area contributed by atoms with Gasteiger partial charge in [-0.05, 0) is 32.8 Å². The van der Waals surface area contributed by atoms with Gasteiger partial charge in [0.1, 0.15) is 0 Å². The first-order valence-electron chi connectivity index (χ1n) is 5.11. The predicted octanol–water partition coefficient (Wildman–Crippen LogP) is 2.73. The van der Waals surface area contributed by atoms with E-state index in [2.05, 4.69) is 43.0 Å². The number of nitrogens with one attached hydrogen (secondary N) is 1. The van der Waals surface area contributed by atoms with Crippen LogP contribution >= 0.6 is 0 Å². The summed E-state index contributed by atoms with van der Waals surface area (Å²) in [5.74, 6) is 1.19. The summed E-state index contributed by atoms with van der Waals surface area (Å²) in [4.78, 5) is 8.79. The second-order valence-electron chi connectivity index (χ2n) is 4.21. The van der Waals surface area contributed by atoms with Gasteiger partial charge in [-0.15, -0.1) is 0 Å². The molecule has 0 aliphatic rings. The molecule has 0 aromatic carbocycles. The van der Waals surface area contributed by atoms with Crippen molar-refractivity contribution in [2.45, 2.75) is 46.6 Å². The van der Waals surface area contributed by atoms with Crippen LogP contribution in [0.3, 0.4) is 0 Å². The fourth-order valence-electron chi connectivity index (χ4n) is 1.21. The van der Waals surface area contributed by atoms with Crippen LogP contribution in [0.15, 0.2) is 6.07 Å². The van der Waals surface area contributed by atoms with Gasteiger partial charge in [-0.1, -0.05) is 13.8 Å². The second kappa shape index (κ2) is 4.40. The molecule has 14 heavy (non-hydrogen) atoms. The highest BCUT2D eigenvalue weighted by atomic mass is 15.1. The highest BCUT2D eigenvalue weighted by molar-refractivity contribution is 5.29. The van der Waals surface area contributed by atoms with Crippen molar-refractivity contribution >= 4 is 5.95 Å². The molecule has 1 aromatic heterocycles. The first-order valence-corrected chi connectivity index (χ1v) is 5.11. The van der Waals surface area contributed by atoms with E-state index in [1.54, 1.807) is 0 Å². The third-order valence-corrected chi connectivity index (χ3v) is 1.88. The zero-order valence-corrected chi connectivity index (χ0v) is 9.63. The number of nitrogens with zero attached hydrogens (tertiary/aromatic N) is 2. The maximum absolute atomic E-state index is 4.45. The number of hydrogen-bond donors (Lipinski definition) is 1. The van der Waals surface area contributed by atoms with E-state index in [1.807, 2.05) is 13.0 Å². The molecule has 1 aromatic rings. The Kier molecular flexibility index (Phi) is 3.44. The van der Waals surface area contributed by atoms with Crippen molar-refractivity contribution in [2.75, 3.05) is 5.32 Å². The predicted molar refractivity (Wildman–Crippen MR) is 59.6 cm³/mol. The number of aromatic nitrogens is 2. The fourth-order valence-corrected chi connectivity index (χ4v) is 1.21. The van der Waals surface area contributed by atoms with E-state index in [0.717, 1.165) is 17.3 Å². The fraction of sp³-hybridized carbons (Fsp3) is 0.636. The zero-order chi connectivity index (χ0) is 10.7. The molecule has 0 unspecified atom stereocenters. The highest BCUT2D eigenvalue weighted by Crippen LogP contribution is 2.14. The zero-order valence-electron chi connectivity index (χ0n) is 9.63. The Balaban J connectivity index is 2.95. The summed E-state index contributed by atoms with van der Waals surface area (Å²) in [6.07, 6.45) is 0. The van der Waals surface area contributed by atoms with Crippen LogP contribution in [-0.2, 0) is 0 Å². The smallest absolute Gasteiger partial charge is 0.223 e. The third kappa shape index (κ3) is 2.98. The van der Waals surface area contributed by atoms with Crippen LogP contribution in [0.5, 0.6) is 0 Å². The molecule has 0 aliphatic heterocycles. The van der Waals surface area contributed by atoms with Gasteiger partial charge in [0.2, 0.25) is 5.95 Å². The van der Waals surface area contributed by atoms with Gasteiger partial charge < -0.3 is 5.32 Å². The van der Waals surface area contributed by atoms with Crippen LogP contribution in [0.4, 0.5) is 5.95 Å². The van der Waals surface area contributed by atoms with Gasteiger partial charge in [-0.25, -0.2) is 9.97 Å². The van der Waals surface area contributed by atoms with Gasteiger partial charge in [-0.3, -0.25) is 0 Å². The molecule has 1 N–H and O–H groups in total. The summed E-state index contributed by atoms with van der Waals surface area (Å²) in [7, 11) is 0. The third-order valence-electron chi connectivity index (χ3n) is 1.88. The number of aryl methyl sites for hydroxylation is 1. The molecule has 0 atom stereocenters. The SMILES string of the molecule is Cc1cc(C(C)C)nc(NC(C)C)n1. The lowest BCUT2D eigenvalue weighted by atomic mass is 10.1. The Labute approximate surface area is 86.0 Å². The van der Waals surface area contributed by atoms with E-state index in [1.165, 1.54) is 0 Å². The minimum atomic E-state index is 0.372. The van der Waals surface area contributed by atoms with Gasteiger partial charge in [-0.2, -0.15) is 0 Å². The summed E-state index contributed by atoms with van der Waals surface area (Å²) in [5.41, 5.74) is 2.12. The van der Waals surface area contributed by atoms with Gasteiger partial charge in [0.25, 0.3) is 0 Å². The van der Waals surface area contributed by atoms with Crippen molar-refractivity contribution in [3.05, 3.63) is 17.5 Å². The molecule has 0 spiro atoms. The molecule has 1 heterocycles. The van der Waals surface area contributed by atoms with E-state index < -0.39 is 0 Å². The second-order valence-corrected chi connectivity index (χ2v) is 4.21. The highest BCUT2D eigenvalue weighted by Gasteiger charge is 2.05. The maximum atomic E-state index is 4.45. The Hall–Kier alpha value is -1.12. The van der Waals surface area contributed by atoms with E-state index in [9.17, 15) is 0 Å². The van der Waals surface area contributed by atoms with Crippen molar-refractivity contribution in [1.82, 2.24) is 9.97 Å². The lowest BCUT2D eigenvalue weighted by Crippen LogP contribution is -2.14. The van der Waals surface area contributed by atoms with Gasteiger partial charge in [0, 0.05) is 17.4 Å². The van der Waals surface area contributed by atoms with Crippen molar-refractivity contribution in [3.63, 3.8) is 0 Å². The number of rotatable bonds is 3. The molecule has 0 bridgehead atoms. The molecule has 0 saturated heterocycles. The summed E-state index contributed by atoms with van der Waals surface area (Å²) < 4.78 is 0. The monoisotopic (exact) mass is 193 g/mol. The summed E-state index contributed by atoms with van der Waals surface area (Å²) in [6, 6.07) is 2.41. The molecule has 0 aliphatic carbocycles. The summed E-state index contributed by atoms with van der Waals surface area (Å²) in [6.45, 7) is 10.4. The largest absolute Gasteiger partial charge is 0.352 e. The van der Waals surface area contributed by atoms with E-state index >= 15 is 0 Å². The first-order chi connectivity index (χ1) is 6.49. The van der Waals surface area contributed by atoms with Crippen LogP contribution in [0.1, 0.15) is 45.0 Å². The first kappa shape index (κ1) is 11.0. The Bertz CT molecular complexity index is 305. The molecule has 1 rings (SSSR count). The summed E-state index contributed by atoms with van der Waals surface area (Å²) in [5, 5.41) is 3.22. The topological polar surface area (TPSA) is 37.8 Å². The van der Waals surface area contributed by atoms with Gasteiger partial charge in [0.05, 0.1) is 0 Å². The minimum absolute atomic E-state index is 0.372. The van der Waals surface area contributed by atoms with Crippen molar-refractivity contribution in [1.29, 1.82) is 0 Å². The standard InChI is InChI=1S/C11H19N3/c1-7(2)10-6-9(5)13-11(14-10)12-8(3)4/h6-8H,1-5H3,(H,12,13,14). The van der Waals surface area contributed by atoms with Crippen molar-refractivity contribution < 1.29 is 0 Å². The van der Waals surface area contributed by atoms with Crippen LogP contribution in [-0.4, -0.2) is 16.0 Å². The van der Waals surface area contributed by atoms with Crippen molar-refractivity contribution in [2.24, 2.45) is 0 Å². The minimum Gasteiger partial charge on any atom is -0.352 e. The number of hydrogen-bond acceptors (Lipinski definition) is 3. The van der Waals surface area contributed by atoms with Gasteiger partial charge in [0.15, 0.2) is 0 Å². The molecule has 3 heteroatoms.